The second kappa shape index (κ2) is 34.4. The summed E-state index contributed by atoms with van der Waals surface area (Å²) in [6.07, 6.45) is 0. The maximum absolute atomic E-state index is 2.44. The van der Waals surface area contributed by atoms with Crippen LogP contribution in [0.3, 0.4) is 0 Å². The molecular formula is C126H107N5. The van der Waals surface area contributed by atoms with Crippen LogP contribution in [0.25, 0.3) is 191 Å². The zero-order chi connectivity index (χ0) is 89.3. The van der Waals surface area contributed by atoms with Crippen LogP contribution in [0.1, 0.15) is 128 Å². The molecule has 5 nitrogen and oxygen atoms in total. The molecule has 0 saturated carbocycles. The predicted molar refractivity (Wildman–Crippen MR) is 566 cm³/mol. The molecule has 5 heteroatoms. The number of rotatable bonds is 9. The van der Waals surface area contributed by atoms with Crippen LogP contribution in [-0.4, -0.2) is 22.8 Å². The Labute approximate surface area is 766 Å². The van der Waals surface area contributed by atoms with Crippen molar-refractivity contribution in [1.29, 1.82) is 0 Å². The third-order valence-electron chi connectivity index (χ3n) is 26.9. The molecule has 636 valence electrons. The van der Waals surface area contributed by atoms with Gasteiger partial charge in [-0.2, -0.15) is 0 Å². The molecule has 5 heterocycles. The lowest BCUT2D eigenvalue weighted by Gasteiger charge is -2.19. The Morgan fingerprint density at radius 3 is 0.969 bits per heavy atom. The smallest absolute Gasteiger partial charge is 0.0575 e. The van der Waals surface area contributed by atoms with Gasteiger partial charge in [-0.05, 0) is 250 Å². The van der Waals surface area contributed by atoms with Crippen LogP contribution in [-0.2, 0) is 5.41 Å². The Balaban J connectivity index is 0.0000000989. The lowest BCUT2D eigenvalue weighted by Crippen LogP contribution is -2.10. The first-order valence-corrected chi connectivity index (χ1v) is 46.6. The summed E-state index contributed by atoms with van der Waals surface area (Å²) >= 11 is 0. The van der Waals surface area contributed by atoms with Gasteiger partial charge < -0.3 is 22.8 Å². The topological polar surface area (TPSA) is 24.6 Å². The molecule has 0 spiro atoms. The van der Waals surface area contributed by atoms with E-state index in [0.29, 0.717) is 23.7 Å². The Bertz CT molecular complexity index is 8560. The fourth-order valence-electron chi connectivity index (χ4n) is 20.3. The quantitative estimate of drug-likeness (QED) is 0.138. The lowest BCUT2D eigenvalue weighted by molar-refractivity contribution is 0.591. The minimum Gasteiger partial charge on any atom is -0.309 e. The van der Waals surface area contributed by atoms with E-state index in [2.05, 4.69) is 524 Å². The molecular weight excluding hydrogens is 1580 g/mol. The van der Waals surface area contributed by atoms with E-state index in [9.17, 15) is 0 Å². The van der Waals surface area contributed by atoms with Gasteiger partial charge in [-0.1, -0.05) is 361 Å². The second-order valence-corrected chi connectivity index (χ2v) is 37.5. The highest BCUT2D eigenvalue weighted by Gasteiger charge is 2.25. The fraction of sp³-hybridized carbons (Fsp3) is 0.127. The third kappa shape index (κ3) is 15.1. The molecule has 0 radical (unpaired) electrons. The first-order chi connectivity index (χ1) is 64.0. The van der Waals surface area contributed by atoms with Crippen LogP contribution in [0.5, 0.6) is 0 Å². The Morgan fingerprint density at radius 2 is 0.496 bits per heavy atom. The molecule has 25 rings (SSSR count). The van der Waals surface area contributed by atoms with Gasteiger partial charge in [0.15, 0.2) is 0 Å². The Hall–Kier alpha value is -15.3. The van der Waals surface area contributed by atoms with Crippen LogP contribution in [0.15, 0.2) is 425 Å². The van der Waals surface area contributed by atoms with Gasteiger partial charge in [0.25, 0.3) is 0 Å². The summed E-state index contributed by atoms with van der Waals surface area (Å²) < 4.78 is 12.0. The van der Waals surface area contributed by atoms with Gasteiger partial charge in [-0.3, -0.25) is 0 Å². The van der Waals surface area contributed by atoms with Crippen molar-refractivity contribution in [2.45, 2.75) is 105 Å². The number of fused-ring (bicyclic) bond motifs is 22. The zero-order valence-electron chi connectivity index (χ0n) is 76.5. The number of nitrogens with zero attached hydrogens (tertiary/aromatic N) is 5. The molecule has 0 aliphatic heterocycles. The van der Waals surface area contributed by atoms with E-state index in [0.717, 1.165) is 0 Å². The largest absolute Gasteiger partial charge is 0.309 e. The van der Waals surface area contributed by atoms with E-state index in [1.807, 2.05) is 0 Å². The van der Waals surface area contributed by atoms with Crippen molar-refractivity contribution < 1.29 is 0 Å². The number of hydrogen-bond acceptors (Lipinski definition) is 0. The lowest BCUT2D eigenvalue weighted by atomic mass is 9.86. The summed E-state index contributed by atoms with van der Waals surface area (Å²) in [4.78, 5) is 0. The molecule has 131 heavy (non-hydrogen) atoms. The van der Waals surface area contributed by atoms with E-state index < -0.39 is 0 Å². The highest BCUT2D eigenvalue weighted by Crippen LogP contribution is 2.46. The van der Waals surface area contributed by atoms with Gasteiger partial charge in [0.05, 0.1) is 55.2 Å². The van der Waals surface area contributed by atoms with E-state index >= 15 is 0 Å². The minimum absolute atomic E-state index is 0.122. The average molecular weight is 1690 g/mol. The average Bonchev–Trinajstić information content (AvgIpc) is 1.55. The molecule has 0 bridgehead atoms. The van der Waals surface area contributed by atoms with E-state index in [4.69, 9.17) is 0 Å². The van der Waals surface area contributed by atoms with Gasteiger partial charge in [-0.15, -0.1) is 0 Å². The molecule has 0 saturated heterocycles. The minimum atomic E-state index is 0.122. The van der Waals surface area contributed by atoms with Crippen molar-refractivity contribution in [2.24, 2.45) is 0 Å². The van der Waals surface area contributed by atoms with Gasteiger partial charge >= 0.3 is 0 Å². The normalized spacial score (nSPS) is 11.9. The highest BCUT2D eigenvalue weighted by molar-refractivity contribution is 6.24. The monoisotopic (exact) mass is 1690 g/mol. The van der Waals surface area contributed by atoms with Crippen LogP contribution in [0.4, 0.5) is 0 Å². The number of aromatic nitrogens is 5. The molecule has 0 N–H and O–H groups in total. The Kier molecular flexibility index (Phi) is 21.7. The van der Waals surface area contributed by atoms with Gasteiger partial charge in [-0.25, -0.2) is 0 Å². The molecule has 0 aliphatic carbocycles. The van der Waals surface area contributed by atoms with Crippen LogP contribution >= 0.6 is 0 Å². The SMILES string of the molecule is CC(C)(C)c1ccc2c3cc4ccccc4cc3n(-c3ccccc3)c2c1.CC(C)c1ccc2c(c1)c1cc3ccccc3cc1n2-c1ccccc1.CC(C)c1ccc2c3c4ccccc4ccc3n(-c3ccccc3)c2c1.CC(C)c1cccc2c1c1cc3ccccc3cc1n2-c1ccccc1.CC(C)c1cccc2c3c4ccccc4ccc3n(-c3ccccc3)c12. The first kappa shape index (κ1) is 82.7. The number of para-hydroxylation sites is 6. The summed E-state index contributed by atoms with van der Waals surface area (Å²) in [6.45, 7) is 25.0. The van der Waals surface area contributed by atoms with Gasteiger partial charge in [0.2, 0.25) is 0 Å². The summed E-state index contributed by atoms with van der Waals surface area (Å²) in [6, 6.07) is 154. The summed E-state index contributed by atoms with van der Waals surface area (Å²) in [5, 5.41) is 26.3. The van der Waals surface area contributed by atoms with Crippen LogP contribution in [0.2, 0.25) is 0 Å². The maximum atomic E-state index is 2.44. The van der Waals surface area contributed by atoms with Crippen molar-refractivity contribution in [3.63, 3.8) is 0 Å². The van der Waals surface area contributed by atoms with Crippen molar-refractivity contribution in [3.05, 3.63) is 452 Å². The van der Waals surface area contributed by atoms with Crippen LogP contribution < -0.4 is 0 Å². The highest BCUT2D eigenvalue weighted by atomic mass is 15.0. The van der Waals surface area contributed by atoms with Gasteiger partial charge in [0, 0.05) is 82.3 Å². The first-order valence-electron chi connectivity index (χ1n) is 46.6. The summed E-state index contributed by atoms with van der Waals surface area (Å²) in [5.74, 6) is 1.99. The van der Waals surface area contributed by atoms with E-state index in [1.54, 1.807) is 0 Å². The van der Waals surface area contributed by atoms with Crippen molar-refractivity contribution >= 4 is 163 Å². The molecule has 0 fully saturated rings. The zero-order valence-corrected chi connectivity index (χ0v) is 76.5. The predicted octanol–water partition coefficient (Wildman–Crippen LogP) is 35.5. The fourth-order valence-corrected chi connectivity index (χ4v) is 20.3. The molecule has 0 unspecified atom stereocenters. The van der Waals surface area contributed by atoms with E-state index in [1.165, 1.54) is 219 Å². The molecule has 5 aromatic heterocycles. The van der Waals surface area contributed by atoms with E-state index in [-0.39, 0.29) is 5.41 Å². The maximum Gasteiger partial charge on any atom is 0.0575 e. The number of hydrogen-bond donors (Lipinski definition) is 0. The van der Waals surface area contributed by atoms with Gasteiger partial charge in [0.1, 0.15) is 0 Å². The molecule has 0 aliphatic rings. The molecule has 20 aromatic carbocycles. The molecule has 0 atom stereocenters. The van der Waals surface area contributed by atoms with Crippen LogP contribution in [0, 0.1) is 0 Å². The molecule has 0 amide bonds. The van der Waals surface area contributed by atoms with Crippen molar-refractivity contribution in [2.75, 3.05) is 0 Å². The molecule has 25 aromatic rings. The standard InChI is InChI=1S/C26H23N.4C25H21N/c1-26(2,3)20-13-14-22-23-15-18-9-7-8-10-19(18)16-24(23)27(25(22)17-20)21-11-5-4-6-12-21;1-17(2)21-13-8-14-23-25(21)22-15-18-9-6-7-10-19(18)16-24(22)26(23)20-11-4-3-5-12-20;1-17(2)20-13-8-14-22-24-21-12-7-6-9-18(21)15-16-23(24)26(25(20)22)19-10-4-3-5-11-19;1-17(2)18-12-13-24-22(14-18)23-15-19-8-6-7-9-20(19)16-25(23)26(24)21-10-4-3-5-11-21;1-17(2)19-12-14-22-24(16-19)26(20-9-4-3-5-10-20)23-15-13-18-8-6-7-11-21(18)25(22)23/h4-17H,1-3H3;4*3-17H,1-2H3. The number of benzene rings is 20. The summed E-state index contributed by atoms with van der Waals surface area (Å²) in [5.41, 5.74) is 25.9. The van der Waals surface area contributed by atoms with Crippen molar-refractivity contribution in [3.8, 4) is 28.4 Å². The summed E-state index contributed by atoms with van der Waals surface area (Å²) in [7, 11) is 0. The third-order valence-corrected chi connectivity index (χ3v) is 26.9. The second-order valence-electron chi connectivity index (χ2n) is 37.5. The van der Waals surface area contributed by atoms with Crippen molar-refractivity contribution in [1.82, 2.24) is 22.8 Å². The Morgan fingerprint density at radius 1 is 0.176 bits per heavy atom.